The lowest BCUT2D eigenvalue weighted by Crippen LogP contribution is -2.49. The molecular formula is C43H50N12O8. The van der Waals surface area contributed by atoms with Crippen LogP contribution in [0.1, 0.15) is 79.3 Å². The Morgan fingerprint density at radius 3 is 1.98 bits per heavy atom. The molecule has 0 radical (unpaired) electrons. The SMILES string of the molecule is CCc1nc(C)oc1C(=O)Nc1nc2cc(C(N)=O)cc3c2n1C/C=C/Cn1c(NC(=O)c2cc(C)nn2CC)nc2cc(C(=O)N4CCN(CCO)CC4)cc(c21)OCCCO3. The third kappa shape index (κ3) is 8.71. The van der Waals surface area contributed by atoms with Gasteiger partial charge in [-0.05, 0) is 50.6 Å². The highest BCUT2D eigenvalue weighted by Crippen LogP contribution is 2.34. The Hall–Kier alpha value is -7.06. The number of ether oxygens (including phenoxy) is 2. The highest BCUT2D eigenvalue weighted by molar-refractivity contribution is 6.05. The predicted octanol–water partition coefficient (Wildman–Crippen LogP) is 3.54. The van der Waals surface area contributed by atoms with Crippen molar-refractivity contribution in [1.82, 2.24) is 43.7 Å². The summed E-state index contributed by atoms with van der Waals surface area (Å²) in [5.74, 6) is -0.338. The monoisotopic (exact) mass is 862 g/mol. The van der Waals surface area contributed by atoms with Gasteiger partial charge in [-0.2, -0.15) is 5.10 Å². The number of aliphatic hydroxyl groups is 1. The van der Waals surface area contributed by atoms with Gasteiger partial charge in [0.1, 0.15) is 28.2 Å². The molecule has 6 aromatic rings. The van der Waals surface area contributed by atoms with E-state index in [0.29, 0.717) is 114 Å². The van der Waals surface area contributed by atoms with Crippen LogP contribution in [-0.2, 0) is 26.1 Å². The molecule has 0 atom stereocenters. The second-order valence-electron chi connectivity index (χ2n) is 15.3. The van der Waals surface area contributed by atoms with Crippen molar-refractivity contribution in [3.8, 4) is 11.5 Å². The third-order valence-corrected chi connectivity index (χ3v) is 11.0. The molecule has 5 N–H and O–H groups in total. The zero-order chi connectivity index (χ0) is 44.4. The Morgan fingerprint density at radius 2 is 1.40 bits per heavy atom. The lowest BCUT2D eigenvalue weighted by Gasteiger charge is -2.34. The van der Waals surface area contributed by atoms with Gasteiger partial charge in [0.2, 0.25) is 23.6 Å². The minimum atomic E-state index is -0.682. The van der Waals surface area contributed by atoms with Gasteiger partial charge in [-0.3, -0.25) is 39.4 Å². The lowest BCUT2D eigenvalue weighted by atomic mass is 10.1. The van der Waals surface area contributed by atoms with Crippen molar-refractivity contribution in [2.24, 2.45) is 5.73 Å². The molecule has 2 aliphatic rings. The van der Waals surface area contributed by atoms with E-state index in [0.717, 1.165) is 0 Å². The van der Waals surface area contributed by atoms with E-state index < -0.39 is 17.7 Å². The van der Waals surface area contributed by atoms with E-state index in [1.807, 2.05) is 37.5 Å². The Bertz CT molecular complexity index is 2750. The Kier molecular flexibility index (Phi) is 12.3. The van der Waals surface area contributed by atoms with E-state index in [1.165, 1.54) is 0 Å². The summed E-state index contributed by atoms with van der Waals surface area (Å²) in [6, 6.07) is 8.22. The quantitative estimate of drug-likeness (QED) is 0.144. The maximum atomic E-state index is 14.1. The van der Waals surface area contributed by atoms with Crippen LogP contribution >= 0.6 is 0 Å². The van der Waals surface area contributed by atoms with Crippen LogP contribution in [-0.4, -0.2) is 125 Å². The van der Waals surface area contributed by atoms with E-state index >= 15 is 0 Å². The molecule has 4 amide bonds. The summed E-state index contributed by atoms with van der Waals surface area (Å²) < 4.78 is 23.6. The number of primary amides is 1. The average molecular weight is 863 g/mol. The van der Waals surface area contributed by atoms with Gasteiger partial charge in [0.25, 0.3) is 17.7 Å². The van der Waals surface area contributed by atoms with Gasteiger partial charge < -0.3 is 38.8 Å². The number of rotatable bonds is 10. The largest absolute Gasteiger partial charge is 0.491 e. The van der Waals surface area contributed by atoms with E-state index in [4.69, 9.17) is 29.6 Å². The second-order valence-corrected chi connectivity index (χ2v) is 15.3. The van der Waals surface area contributed by atoms with Crippen molar-refractivity contribution in [2.45, 2.75) is 60.2 Å². The van der Waals surface area contributed by atoms with Crippen LogP contribution < -0.4 is 25.8 Å². The number of imidazole rings is 2. The number of piperazine rings is 1. The summed E-state index contributed by atoms with van der Waals surface area (Å²) >= 11 is 0. The fraction of sp³-hybridized carbons (Fsp3) is 0.395. The molecule has 330 valence electrons. The van der Waals surface area contributed by atoms with Crippen molar-refractivity contribution >= 4 is 57.6 Å². The highest BCUT2D eigenvalue weighted by Gasteiger charge is 2.27. The molecule has 0 spiro atoms. The summed E-state index contributed by atoms with van der Waals surface area (Å²) in [7, 11) is 0. The van der Waals surface area contributed by atoms with Crippen molar-refractivity contribution in [2.75, 3.05) is 63.2 Å². The van der Waals surface area contributed by atoms with Crippen LogP contribution in [0.5, 0.6) is 11.5 Å². The number of hydrogen-bond acceptors (Lipinski definition) is 13. The number of benzene rings is 2. The van der Waals surface area contributed by atoms with E-state index in [1.54, 1.807) is 51.4 Å². The summed E-state index contributed by atoms with van der Waals surface area (Å²) in [6.07, 6.45) is 4.57. The maximum Gasteiger partial charge on any atom is 0.295 e. The van der Waals surface area contributed by atoms with Crippen LogP contribution in [0, 0.1) is 13.8 Å². The van der Waals surface area contributed by atoms with E-state index in [-0.39, 0.29) is 62.0 Å². The number of aryl methyl sites for hydroxylation is 4. The number of aliphatic hydroxyl groups excluding tert-OH is 1. The number of carbonyl (C=O) groups excluding carboxylic acids is 4. The Morgan fingerprint density at radius 1 is 0.794 bits per heavy atom. The molecule has 63 heavy (non-hydrogen) atoms. The summed E-state index contributed by atoms with van der Waals surface area (Å²) in [4.78, 5) is 71.9. The minimum Gasteiger partial charge on any atom is -0.491 e. The lowest BCUT2D eigenvalue weighted by molar-refractivity contribution is 0.0614. The number of aromatic nitrogens is 7. The van der Waals surface area contributed by atoms with Crippen molar-refractivity contribution < 1.29 is 38.2 Å². The first-order chi connectivity index (χ1) is 30.5. The third-order valence-electron chi connectivity index (χ3n) is 11.0. The van der Waals surface area contributed by atoms with Gasteiger partial charge in [-0.15, -0.1) is 0 Å². The van der Waals surface area contributed by atoms with Crippen LogP contribution in [0.15, 0.2) is 46.9 Å². The first-order valence-corrected chi connectivity index (χ1v) is 21.0. The van der Waals surface area contributed by atoms with Crippen LogP contribution in [0.2, 0.25) is 0 Å². The molecular weight excluding hydrogens is 813 g/mol. The average Bonchev–Trinajstić information content (AvgIpc) is 4.03. The predicted molar refractivity (Wildman–Crippen MR) is 231 cm³/mol. The molecule has 2 aromatic carbocycles. The van der Waals surface area contributed by atoms with Crippen LogP contribution in [0.3, 0.4) is 0 Å². The molecule has 1 fully saturated rings. The van der Waals surface area contributed by atoms with Gasteiger partial charge in [0.05, 0.1) is 42.2 Å². The molecule has 0 bridgehead atoms. The zero-order valence-electron chi connectivity index (χ0n) is 35.6. The maximum absolute atomic E-state index is 14.1. The molecule has 20 nitrogen and oxygen atoms in total. The first kappa shape index (κ1) is 42.6. The number of β-amino-alcohol motifs (C(OH)–C–C–N with tert-alkyl or cyclic N) is 1. The number of amides is 4. The smallest absolute Gasteiger partial charge is 0.295 e. The molecule has 8 rings (SSSR count). The molecule has 20 heteroatoms. The minimum absolute atomic E-state index is 0.0470. The van der Waals surface area contributed by atoms with Crippen molar-refractivity contribution in [1.29, 1.82) is 0 Å². The van der Waals surface area contributed by atoms with Gasteiger partial charge in [0, 0.05) is 76.8 Å². The number of hydrogen-bond donors (Lipinski definition) is 4. The molecule has 6 heterocycles. The van der Waals surface area contributed by atoms with Crippen molar-refractivity contribution in [3.05, 3.63) is 82.3 Å². The van der Waals surface area contributed by atoms with Crippen LogP contribution in [0.4, 0.5) is 11.9 Å². The number of nitrogens with two attached hydrogens (primary N) is 1. The summed E-state index contributed by atoms with van der Waals surface area (Å²) in [5.41, 5.74) is 9.68. The topological polar surface area (TPSA) is 243 Å². The molecule has 0 unspecified atom stereocenters. The number of nitrogens with zero attached hydrogens (tertiary/aromatic N) is 9. The number of oxazole rings is 1. The van der Waals surface area contributed by atoms with E-state index in [2.05, 4.69) is 25.6 Å². The van der Waals surface area contributed by atoms with Gasteiger partial charge in [-0.25, -0.2) is 15.0 Å². The number of anilines is 2. The zero-order valence-corrected chi connectivity index (χ0v) is 35.6. The summed E-state index contributed by atoms with van der Waals surface area (Å²) in [5, 5.41) is 19.7. The Balaban J connectivity index is 1.20. The fourth-order valence-electron chi connectivity index (χ4n) is 7.95. The van der Waals surface area contributed by atoms with Crippen molar-refractivity contribution in [3.63, 3.8) is 0 Å². The molecule has 0 saturated carbocycles. The molecule has 1 saturated heterocycles. The molecule has 2 aliphatic heterocycles. The first-order valence-electron chi connectivity index (χ1n) is 21.0. The summed E-state index contributed by atoms with van der Waals surface area (Å²) in [6.45, 7) is 11.2. The fourth-order valence-corrected chi connectivity index (χ4v) is 7.95. The Labute approximate surface area is 361 Å². The van der Waals surface area contributed by atoms with E-state index in [9.17, 15) is 24.3 Å². The standard InChI is InChI=1S/C43H50N12O8/c1-5-29-37(63-26(4)45-29)40(59)49-43-46-30-21-27(38(44)57)23-33-35(30)54(43)11-8-7-10-53-36-31(47-42(53)48-39(58)32-20-25(3)50-55(32)6-2)22-28(24-34(36)62-19-9-18-61-33)41(60)52-14-12-51(13-15-52)16-17-56/h7-8,20-24,56H,5-6,9-19H2,1-4H3,(H2,44,57)(H,46,49,59)(H,47,48,58)/b8-7+. The van der Waals surface area contributed by atoms with Crippen LogP contribution in [0.25, 0.3) is 22.1 Å². The second kappa shape index (κ2) is 18.1. The van der Waals surface area contributed by atoms with Gasteiger partial charge in [-0.1, -0.05) is 19.1 Å². The number of nitrogens with one attached hydrogen (secondary N) is 2. The molecule has 4 aromatic heterocycles. The number of allylic oxidation sites excluding steroid dienone is 2. The normalized spacial score (nSPS) is 15.3. The van der Waals surface area contributed by atoms with Gasteiger partial charge in [0.15, 0.2) is 5.89 Å². The molecule has 0 aliphatic carbocycles. The highest BCUT2D eigenvalue weighted by atomic mass is 16.5. The van der Waals surface area contributed by atoms with Gasteiger partial charge >= 0.3 is 0 Å². The number of carbonyl (C=O) groups is 4.